The summed E-state index contributed by atoms with van der Waals surface area (Å²) in [5.74, 6) is 2.39. The third kappa shape index (κ3) is 5.80. The van der Waals surface area contributed by atoms with E-state index < -0.39 is 0 Å². The number of aromatic nitrogens is 2. The predicted molar refractivity (Wildman–Crippen MR) is 145 cm³/mol. The third-order valence-electron chi connectivity index (χ3n) is 7.47. The maximum atomic E-state index is 12.3. The molecule has 1 aliphatic carbocycles. The Balaban J connectivity index is 1.19. The SMILES string of the molecule is O=C(COc1cccc(-c2nc3c(c(Nc4ccc(C5CNNC5)cc4)n2)COCC3)c1)NC1CCCC1. The molecule has 9 nitrogen and oxygen atoms in total. The van der Waals surface area contributed by atoms with Crippen molar-refractivity contribution in [1.82, 2.24) is 26.1 Å². The van der Waals surface area contributed by atoms with E-state index in [1.54, 1.807) is 0 Å². The topological polar surface area (TPSA) is 109 Å². The highest BCUT2D eigenvalue weighted by Gasteiger charge is 2.21. The molecule has 1 saturated carbocycles. The Bertz CT molecular complexity index is 1270. The third-order valence-corrected chi connectivity index (χ3v) is 7.47. The number of amides is 1. The number of rotatable bonds is 8. The van der Waals surface area contributed by atoms with Gasteiger partial charge in [-0.05, 0) is 42.7 Å². The zero-order valence-corrected chi connectivity index (χ0v) is 21.5. The molecule has 2 aromatic carbocycles. The number of carbonyl (C=O) groups is 1. The van der Waals surface area contributed by atoms with Crippen molar-refractivity contribution >= 4 is 17.4 Å². The second-order valence-electron chi connectivity index (χ2n) is 10.2. The fourth-order valence-electron chi connectivity index (χ4n) is 5.35. The highest BCUT2D eigenvalue weighted by atomic mass is 16.5. The maximum absolute atomic E-state index is 12.3. The number of nitrogens with zero attached hydrogens (tertiary/aromatic N) is 2. The molecule has 0 spiro atoms. The van der Waals surface area contributed by atoms with E-state index in [1.807, 2.05) is 24.3 Å². The molecule has 4 N–H and O–H groups in total. The van der Waals surface area contributed by atoms with Gasteiger partial charge in [-0.2, -0.15) is 0 Å². The standard InChI is InChI=1S/C29H34N6O3/c36-27(32-22-5-1-2-6-22)18-38-24-7-3-4-20(14-24)28-34-26-12-13-37-17-25(26)29(35-28)33-23-10-8-19(9-11-23)21-15-30-31-16-21/h3-4,7-11,14,21-22,30-31H,1-2,5-6,12-13,15-18H2,(H,32,36)(H,33,34,35). The van der Waals surface area contributed by atoms with Crippen molar-refractivity contribution in [2.75, 3.05) is 31.6 Å². The lowest BCUT2D eigenvalue weighted by molar-refractivity contribution is -0.123. The van der Waals surface area contributed by atoms with Gasteiger partial charge in [0.25, 0.3) is 5.91 Å². The Morgan fingerprint density at radius 2 is 1.87 bits per heavy atom. The Kier molecular flexibility index (Phi) is 7.48. The molecular formula is C29H34N6O3. The van der Waals surface area contributed by atoms with Crippen molar-refractivity contribution in [2.24, 2.45) is 0 Å². The van der Waals surface area contributed by atoms with Crippen LogP contribution in [0.25, 0.3) is 11.4 Å². The summed E-state index contributed by atoms with van der Waals surface area (Å²) in [5.41, 5.74) is 11.5. The molecule has 0 bridgehead atoms. The molecule has 1 amide bonds. The monoisotopic (exact) mass is 514 g/mol. The summed E-state index contributed by atoms with van der Waals surface area (Å²) in [5, 5.41) is 6.57. The lowest BCUT2D eigenvalue weighted by Gasteiger charge is -2.21. The van der Waals surface area contributed by atoms with Gasteiger partial charge in [0.1, 0.15) is 11.6 Å². The van der Waals surface area contributed by atoms with Crippen molar-refractivity contribution in [3.63, 3.8) is 0 Å². The van der Waals surface area contributed by atoms with Crippen LogP contribution in [0.2, 0.25) is 0 Å². The van der Waals surface area contributed by atoms with Crippen LogP contribution in [0.4, 0.5) is 11.5 Å². The van der Waals surface area contributed by atoms with Crippen LogP contribution in [0.1, 0.15) is 48.4 Å². The summed E-state index contributed by atoms with van der Waals surface area (Å²) in [7, 11) is 0. The first-order valence-corrected chi connectivity index (χ1v) is 13.5. The van der Waals surface area contributed by atoms with Crippen molar-refractivity contribution in [2.45, 2.75) is 50.7 Å². The van der Waals surface area contributed by atoms with Gasteiger partial charge in [-0.25, -0.2) is 9.97 Å². The van der Waals surface area contributed by atoms with E-state index >= 15 is 0 Å². The van der Waals surface area contributed by atoms with Gasteiger partial charge < -0.3 is 20.1 Å². The zero-order chi connectivity index (χ0) is 25.7. The Labute approximate surface area is 222 Å². The molecule has 0 atom stereocenters. The van der Waals surface area contributed by atoms with Crippen LogP contribution in [0.15, 0.2) is 48.5 Å². The fourth-order valence-corrected chi connectivity index (χ4v) is 5.35. The van der Waals surface area contributed by atoms with E-state index in [-0.39, 0.29) is 18.6 Å². The maximum Gasteiger partial charge on any atom is 0.258 e. The average molecular weight is 515 g/mol. The Hall–Kier alpha value is -3.53. The van der Waals surface area contributed by atoms with E-state index in [1.165, 1.54) is 18.4 Å². The number of benzene rings is 2. The fraction of sp³-hybridized carbons (Fsp3) is 0.414. The summed E-state index contributed by atoms with van der Waals surface area (Å²) < 4.78 is 11.6. The summed E-state index contributed by atoms with van der Waals surface area (Å²) in [6, 6.07) is 16.4. The molecule has 198 valence electrons. The molecule has 0 unspecified atom stereocenters. The first kappa shape index (κ1) is 24.8. The zero-order valence-electron chi connectivity index (χ0n) is 21.5. The molecule has 1 aromatic heterocycles. The van der Waals surface area contributed by atoms with Crippen LogP contribution in [-0.2, 0) is 22.6 Å². The molecule has 3 heterocycles. The number of ether oxygens (including phenoxy) is 2. The minimum atomic E-state index is -0.0784. The van der Waals surface area contributed by atoms with Gasteiger partial charge in [0.05, 0.1) is 18.9 Å². The number of nitrogens with one attached hydrogen (secondary N) is 4. The quantitative estimate of drug-likeness (QED) is 0.361. The molecular weight excluding hydrogens is 480 g/mol. The van der Waals surface area contributed by atoms with Crippen molar-refractivity contribution in [3.05, 3.63) is 65.4 Å². The minimum absolute atomic E-state index is 0.00186. The van der Waals surface area contributed by atoms with Crippen molar-refractivity contribution in [3.8, 4) is 17.1 Å². The average Bonchev–Trinajstić information content (AvgIpc) is 3.68. The van der Waals surface area contributed by atoms with Crippen LogP contribution in [-0.4, -0.2) is 48.2 Å². The normalized spacial score (nSPS) is 17.8. The lowest BCUT2D eigenvalue weighted by atomic mass is 10.0. The van der Waals surface area contributed by atoms with Gasteiger partial charge in [0.2, 0.25) is 0 Å². The van der Waals surface area contributed by atoms with Crippen molar-refractivity contribution < 1.29 is 14.3 Å². The Morgan fingerprint density at radius 3 is 2.68 bits per heavy atom. The first-order valence-electron chi connectivity index (χ1n) is 13.5. The molecule has 6 rings (SSSR count). The van der Waals surface area contributed by atoms with Gasteiger partial charge in [-0.3, -0.25) is 15.6 Å². The number of hydrogen-bond acceptors (Lipinski definition) is 8. The molecule has 9 heteroatoms. The molecule has 1 saturated heterocycles. The highest BCUT2D eigenvalue weighted by molar-refractivity contribution is 5.78. The van der Waals surface area contributed by atoms with E-state index in [9.17, 15) is 4.79 Å². The van der Waals surface area contributed by atoms with Crippen LogP contribution in [0.3, 0.4) is 0 Å². The second-order valence-corrected chi connectivity index (χ2v) is 10.2. The second kappa shape index (κ2) is 11.5. The highest BCUT2D eigenvalue weighted by Crippen LogP contribution is 2.30. The summed E-state index contributed by atoms with van der Waals surface area (Å²) in [6.45, 7) is 2.98. The van der Waals surface area contributed by atoms with Crippen LogP contribution in [0, 0.1) is 0 Å². The van der Waals surface area contributed by atoms with Gasteiger partial charge in [0, 0.05) is 48.3 Å². The number of fused-ring (bicyclic) bond motifs is 1. The summed E-state index contributed by atoms with van der Waals surface area (Å²) in [4.78, 5) is 22.1. The summed E-state index contributed by atoms with van der Waals surface area (Å²) >= 11 is 0. The first-order chi connectivity index (χ1) is 18.7. The van der Waals surface area contributed by atoms with Crippen molar-refractivity contribution in [1.29, 1.82) is 0 Å². The van der Waals surface area contributed by atoms with Gasteiger partial charge >= 0.3 is 0 Å². The molecule has 3 aromatic rings. The molecule has 2 fully saturated rings. The number of carbonyl (C=O) groups excluding carboxylic acids is 1. The molecule has 3 aliphatic rings. The van der Waals surface area contributed by atoms with E-state index in [0.29, 0.717) is 30.7 Å². The molecule has 2 aliphatic heterocycles. The smallest absolute Gasteiger partial charge is 0.258 e. The number of hydrazine groups is 1. The summed E-state index contributed by atoms with van der Waals surface area (Å²) in [6.07, 6.45) is 5.20. The van der Waals surface area contributed by atoms with E-state index in [0.717, 1.165) is 60.7 Å². The Morgan fingerprint density at radius 1 is 1.05 bits per heavy atom. The van der Waals surface area contributed by atoms with Gasteiger partial charge in [-0.15, -0.1) is 0 Å². The number of hydrogen-bond donors (Lipinski definition) is 4. The van der Waals surface area contributed by atoms with E-state index in [2.05, 4.69) is 45.8 Å². The van der Waals surface area contributed by atoms with Crippen LogP contribution >= 0.6 is 0 Å². The lowest BCUT2D eigenvalue weighted by Crippen LogP contribution is -2.36. The number of anilines is 2. The molecule has 38 heavy (non-hydrogen) atoms. The molecule has 0 radical (unpaired) electrons. The van der Waals surface area contributed by atoms with Gasteiger partial charge in [-0.1, -0.05) is 37.1 Å². The minimum Gasteiger partial charge on any atom is -0.484 e. The van der Waals surface area contributed by atoms with E-state index in [4.69, 9.17) is 19.4 Å². The van der Waals surface area contributed by atoms with Gasteiger partial charge in [0.15, 0.2) is 12.4 Å². The van der Waals surface area contributed by atoms with Crippen LogP contribution < -0.4 is 26.2 Å². The van der Waals surface area contributed by atoms with Crippen LogP contribution in [0.5, 0.6) is 5.75 Å². The largest absolute Gasteiger partial charge is 0.484 e. The predicted octanol–water partition coefficient (Wildman–Crippen LogP) is 3.59.